The van der Waals surface area contributed by atoms with Crippen molar-refractivity contribution in [1.82, 2.24) is 10.7 Å². The number of hydrazine groups is 1. The van der Waals surface area contributed by atoms with Crippen LogP contribution in [0.1, 0.15) is 18.9 Å². The van der Waals surface area contributed by atoms with Gasteiger partial charge in [-0.1, -0.05) is 48.5 Å². The Morgan fingerprint density at radius 3 is 2.29 bits per heavy atom. The first-order chi connectivity index (χ1) is 10.2. The fraction of sp³-hybridized carbons (Fsp3) is 0.235. The van der Waals surface area contributed by atoms with Gasteiger partial charge < -0.3 is 5.32 Å². The molecule has 1 aliphatic heterocycles. The minimum absolute atomic E-state index is 0.219. The molecule has 4 heteroatoms. The van der Waals surface area contributed by atoms with Gasteiger partial charge in [0.1, 0.15) is 5.66 Å². The smallest absolute Gasteiger partial charge is 0.189 e. The van der Waals surface area contributed by atoms with Crippen LogP contribution in [0.15, 0.2) is 60.7 Å². The second-order valence-electron chi connectivity index (χ2n) is 5.53. The topological polar surface area (TPSA) is 27.3 Å². The molecule has 21 heavy (non-hydrogen) atoms. The molecule has 1 fully saturated rings. The van der Waals surface area contributed by atoms with Gasteiger partial charge in [0.25, 0.3) is 0 Å². The summed E-state index contributed by atoms with van der Waals surface area (Å²) in [6, 6.07) is 20.6. The summed E-state index contributed by atoms with van der Waals surface area (Å²) in [6.07, 6.45) is 1.96. The third-order valence-corrected chi connectivity index (χ3v) is 4.00. The van der Waals surface area contributed by atoms with Crippen molar-refractivity contribution >= 4 is 23.0 Å². The van der Waals surface area contributed by atoms with E-state index in [-0.39, 0.29) is 5.66 Å². The maximum atomic E-state index is 5.45. The van der Waals surface area contributed by atoms with E-state index < -0.39 is 0 Å². The van der Waals surface area contributed by atoms with Crippen LogP contribution in [0.25, 0.3) is 0 Å². The van der Waals surface area contributed by atoms with E-state index >= 15 is 0 Å². The van der Waals surface area contributed by atoms with E-state index in [1.807, 2.05) is 41.4 Å². The number of hydrogen-bond acceptors (Lipinski definition) is 2. The predicted octanol–water partition coefficient (Wildman–Crippen LogP) is 3.23. The molecule has 2 aromatic rings. The number of nitrogens with one attached hydrogen (secondary N) is 2. The van der Waals surface area contributed by atoms with Gasteiger partial charge in [0.05, 0.1) is 5.69 Å². The normalized spacial score (nSPS) is 21.4. The fourth-order valence-electron chi connectivity index (χ4n) is 2.53. The quantitative estimate of drug-likeness (QED) is 0.847. The molecule has 0 bridgehead atoms. The van der Waals surface area contributed by atoms with Crippen molar-refractivity contribution < 1.29 is 0 Å². The van der Waals surface area contributed by atoms with E-state index in [0.29, 0.717) is 0 Å². The lowest BCUT2D eigenvalue weighted by Gasteiger charge is -2.25. The number of hydrogen-bond donors (Lipinski definition) is 2. The number of aryl methyl sites for hydroxylation is 1. The lowest BCUT2D eigenvalue weighted by atomic mass is 10.0. The molecule has 0 saturated carbocycles. The van der Waals surface area contributed by atoms with E-state index in [1.54, 1.807) is 0 Å². The minimum Gasteiger partial charge on any atom is -0.342 e. The molecule has 3 rings (SSSR count). The first kappa shape index (κ1) is 14.0. The van der Waals surface area contributed by atoms with Crippen LogP contribution in [-0.2, 0) is 6.42 Å². The average molecular weight is 297 g/mol. The van der Waals surface area contributed by atoms with Crippen molar-refractivity contribution in [3.63, 3.8) is 0 Å². The zero-order valence-electron chi connectivity index (χ0n) is 12.0. The molecule has 108 valence electrons. The van der Waals surface area contributed by atoms with Crippen molar-refractivity contribution in [2.75, 3.05) is 5.01 Å². The van der Waals surface area contributed by atoms with Gasteiger partial charge in [0.2, 0.25) is 0 Å². The third-order valence-electron chi connectivity index (χ3n) is 3.72. The van der Waals surface area contributed by atoms with Crippen molar-refractivity contribution in [3.05, 3.63) is 66.2 Å². The molecule has 0 aliphatic carbocycles. The predicted molar refractivity (Wildman–Crippen MR) is 91.0 cm³/mol. The second kappa shape index (κ2) is 5.84. The van der Waals surface area contributed by atoms with Gasteiger partial charge >= 0.3 is 0 Å². The van der Waals surface area contributed by atoms with Crippen LogP contribution >= 0.6 is 12.2 Å². The van der Waals surface area contributed by atoms with Crippen molar-refractivity contribution in [2.24, 2.45) is 0 Å². The SMILES string of the molecule is C[C@@]1(CCc2ccccc2)NC(=S)N(c2ccccc2)N1. The Morgan fingerprint density at radius 1 is 1.00 bits per heavy atom. The number of anilines is 1. The van der Waals surface area contributed by atoms with E-state index in [1.165, 1.54) is 5.56 Å². The van der Waals surface area contributed by atoms with Crippen LogP contribution < -0.4 is 15.8 Å². The van der Waals surface area contributed by atoms with Gasteiger partial charge in [-0.2, -0.15) is 0 Å². The van der Waals surface area contributed by atoms with E-state index in [9.17, 15) is 0 Å². The number of nitrogens with zero attached hydrogens (tertiary/aromatic N) is 1. The Hall–Kier alpha value is -1.91. The summed E-state index contributed by atoms with van der Waals surface area (Å²) in [4.78, 5) is 0. The van der Waals surface area contributed by atoms with Gasteiger partial charge in [-0.05, 0) is 49.7 Å². The summed E-state index contributed by atoms with van der Waals surface area (Å²) in [7, 11) is 0. The minimum atomic E-state index is -0.219. The molecule has 3 nitrogen and oxygen atoms in total. The number of rotatable bonds is 4. The largest absolute Gasteiger partial charge is 0.342 e. The zero-order valence-corrected chi connectivity index (χ0v) is 12.9. The lowest BCUT2D eigenvalue weighted by Crippen LogP contribution is -2.48. The van der Waals surface area contributed by atoms with Crippen molar-refractivity contribution in [3.8, 4) is 0 Å². The highest BCUT2D eigenvalue weighted by molar-refractivity contribution is 7.80. The molecule has 1 heterocycles. The number of para-hydroxylation sites is 1. The lowest BCUT2D eigenvalue weighted by molar-refractivity contribution is 0.348. The van der Waals surface area contributed by atoms with Gasteiger partial charge in [0.15, 0.2) is 5.11 Å². The van der Waals surface area contributed by atoms with Crippen LogP contribution in [0, 0.1) is 0 Å². The molecule has 0 spiro atoms. The van der Waals surface area contributed by atoms with Gasteiger partial charge in [-0.15, -0.1) is 0 Å². The highest BCUT2D eigenvalue weighted by Crippen LogP contribution is 2.22. The van der Waals surface area contributed by atoms with Crippen LogP contribution in [0.5, 0.6) is 0 Å². The zero-order chi connectivity index (χ0) is 14.7. The summed E-state index contributed by atoms with van der Waals surface area (Å²) in [5.74, 6) is 0. The highest BCUT2D eigenvalue weighted by Gasteiger charge is 2.35. The molecular formula is C17H19N3S. The molecule has 0 radical (unpaired) electrons. The Labute approximate surface area is 130 Å². The molecular weight excluding hydrogens is 278 g/mol. The molecule has 0 amide bonds. The Morgan fingerprint density at radius 2 is 1.62 bits per heavy atom. The average Bonchev–Trinajstić information content (AvgIpc) is 2.83. The summed E-state index contributed by atoms with van der Waals surface area (Å²) in [5, 5.41) is 6.06. The van der Waals surface area contributed by atoms with Gasteiger partial charge in [-0.3, -0.25) is 5.01 Å². The van der Waals surface area contributed by atoms with E-state index in [2.05, 4.69) is 41.9 Å². The maximum Gasteiger partial charge on any atom is 0.189 e. The maximum absolute atomic E-state index is 5.45. The fourth-order valence-corrected chi connectivity index (χ4v) is 2.91. The molecule has 1 atom stereocenters. The Balaban J connectivity index is 1.68. The number of benzene rings is 2. The van der Waals surface area contributed by atoms with Crippen molar-refractivity contribution in [1.29, 1.82) is 0 Å². The first-order valence-electron chi connectivity index (χ1n) is 7.15. The van der Waals surface area contributed by atoms with Crippen LogP contribution in [0.2, 0.25) is 0 Å². The summed E-state index contributed by atoms with van der Waals surface area (Å²) in [6.45, 7) is 2.14. The second-order valence-corrected chi connectivity index (χ2v) is 5.92. The van der Waals surface area contributed by atoms with E-state index in [4.69, 9.17) is 12.2 Å². The van der Waals surface area contributed by atoms with E-state index in [0.717, 1.165) is 23.6 Å². The Kier molecular flexibility index (Phi) is 3.90. The first-order valence-corrected chi connectivity index (χ1v) is 7.56. The standard InChI is InChI=1S/C17H19N3S/c1-17(13-12-14-8-4-2-5-9-14)18-16(21)20(19-17)15-10-6-3-7-11-15/h2-11,19H,12-13H2,1H3,(H,18,21)/t17-/m1/s1. The van der Waals surface area contributed by atoms with Crippen LogP contribution in [0.4, 0.5) is 5.69 Å². The van der Waals surface area contributed by atoms with Gasteiger partial charge in [0, 0.05) is 0 Å². The van der Waals surface area contributed by atoms with Crippen LogP contribution in [-0.4, -0.2) is 10.8 Å². The molecule has 1 saturated heterocycles. The van der Waals surface area contributed by atoms with Crippen LogP contribution in [0.3, 0.4) is 0 Å². The molecule has 0 aromatic heterocycles. The summed E-state index contributed by atoms with van der Waals surface area (Å²) in [5.41, 5.74) is 5.66. The Bertz CT molecular complexity index is 614. The molecule has 0 unspecified atom stereocenters. The summed E-state index contributed by atoms with van der Waals surface area (Å²) < 4.78 is 0. The molecule has 2 N–H and O–H groups in total. The summed E-state index contributed by atoms with van der Waals surface area (Å²) >= 11 is 5.45. The van der Waals surface area contributed by atoms with Crippen molar-refractivity contribution in [2.45, 2.75) is 25.4 Å². The highest BCUT2D eigenvalue weighted by atomic mass is 32.1. The van der Waals surface area contributed by atoms with Gasteiger partial charge in [-0.25, -0.2) is 5.43 Å². The monoisotopic (exact) mass is 297 g/mol. The third kappa shape index (κ3) is 3.23. The molecule has 2 aromatic carbocycles. The molecule has 1 aliphatic rings. The number of thiocarbonyl (C=S) groups is 1.